The lowest BCUT2D eigenvalue weighted by molar-refractivity contribution is 0.0333. The topological polar surface area (TPSA) is 102 Å². The second kappa shape index (κ2) is 9.74. The number of fused-ring (bicyclic) bond motifs is 2. The molecule has 2 aliphatic rings. The zero-order chi connectivity index (χ0) is 23.5. The molecule has 1 saturated heterocycles. The number of carbonyl (C=O) groups is 1. The van der Waals surface area contributed by atoms with Crippen LogP contribution in [-0.2, 0) is 11.2 Å². The summed E-state index contributed by atoms with van der Waals surface area (Å²) < 4.78 is 21.9. The van der Waals surface area contributed by atoms with Crippen LogP contribution in [0.3, 0.4) is 0 Å². The van der Waals surface area contributed by atoms with Crippen LogP contribution in [0.1, 0.15) is 5.56 Å². The molecule has 1 aromatic heterocycles. The minimum Gasteiger partial charge on any atom is -0.497 e. The van der Waals surface area contributed by atoms with Crippen LogP contribution < -0.4 is 24.4 Å². The van der Waals surface area contributed by atoms with Crippen molar-refractivity contribution >= 4 is 22.7 Å². The van der Waals surface area contributed by atoms with E-state index in [0.29, 0.717) is 43.5 Å². The third-order valence-electron chi connectivity index (χ3n) is 6.07. The largest absolute Gasteiger partial charge is 0.497 e. The molecule has 0 radical (unpaired) electrons. The number of hydrogen-bond acceptors (Lipinski definition) is 8. The maximum Gasteiger partial charge on any atom is 0.414 e. The first-order valence-corrected chi connectivity index (χ1v) is 11.3. The molecule has 2 aromatic carbocycles. The number of aliphatic hydroxyl groups excluding tert-OH is 1. The number of carbonyl (C=O) groups excluding carboxylic acids is 1. The van der Waals surface area contributed by atoms with E-state index in [9.17, 15) is 9.90 Å². The Balaban J connectivity index is 1.15. The van der Waals surface area contributed by atoms with Crippen LogP contribution in [0.4, 0.5) is 10.5 Å². The Labute approximate surface area is 197 Å². The minimum atomic E-state index is -0.833. The zero-order valence-corrected chi connectivity index (χ0v) is 18.9. The predicted octanol–water partition coefficient (Wildman–Crippen LogP) is 2.53. The number of nitrogens with zero attached hydrogens (tertiary/aromatic N) is 2. The molecule has 3 heterocycles. The zero-order valence-electron chi connectivity index (χ0n) is 18.9. The van der Waals surface area contributed by atoms with Gasteiger partial charge in [0.15, 0.2) is 11.5 Å². The molecule has 3 aromatic rings. The van der Waals surface area contributed by atoms with Gasteiger partial charge in [-0.15, -0.1) is 0 Å². The molecule has 34 heavy (non-hydrogen) atoms. The number of aliphatic hydroxyl groups is 1. The summed E-state index contributed by atoms with van der Waals surface area (Å²) in [6.07, 6.45) is 0.605. The van der Waals surface area contributed by atoms with Gasteiger partial charge in [0, 0.05) is 24.2 Å². The molecule has 2 N–H and O–H groups in total. The highest BCUT2D eigenvalue weighted by molar-refractivity contribution is 5.90. The van der Waals surface area contributed by atoms with E-state index in [0.717, 1.165) is 28.6 Å². The lowest BCUT2D eigenvalue weighted by Gasteiger charge is -2.21. The first-order valence-electron chi connectivity index (χ1n) is 11.3. The smallest absolute Gasteiger partial charge is 0.414 e. The highest BCUT2D eigenvalue weighted by Gasteiger charge is 2.37. The Bertz CT molecular complexity index is 1190. The summed E-state index contributed by atoms with van der Waals surface area (Å²) in [5.74, 6) is 2.04. The Morgan fingerprint density at radius 1 is 1.18 bits per heavy atom. The number of aromatic nitrogens is 1. The maximum atomic E-state index is 12.4. The number of pyridine rings is 1. The van der Waals surface area contributed by atoms with Gasteiger partial charge in [-0.2, -0.15) is 0 Å². The molecule has 0 unspecified atom stereocenters. The Hall–Kier alpha value is -3.56. The van der Waals surface area contributed by atoms with Crippen LogP contribution in [0.25, 0.3) is 10.9 Å². The molecule has 1 amide bonds. The third kappa shape index (κ3) is 4.57. The normalized spacial score (nSPS) is 18.1. The Kier molecular flexibility index (Phi) is 6.37. The molecule has 0 spiro atoms. The van der Waals surface area contributed by atoms with Gasteiger partial charge in [-0.25, -0.2) is 4.79 Å². The second-order valence-electron chi connectivity index (χ2n) is 8.24. The molecule has 0 saturated carbocycles. The van der Waals surface area contributed by atoms with Gasteiger partial charge < -0.3 is 29.4 Å². The number of cyclic esters (lactones) is 1. The van der Waals surface area contributed by atoms with Crippen molar-refractivity contribution in [1.82, 2.24) is 10.3 Å². The van der Waals surface area contributed by atoms with E-state index in [1.807, 2.05) is 24.3 Å². The molecule has 2 atom stereocenters. The second-order valence-corrected chi connectivity index (χ2v) is 8.24. The Morgan fingerprint density at radius 3 is 2.88 bits per heavy atom. The van der Waals surface area contributed by atoms with Crippen LogP contribution in [0.2, 0.25) is 0 Å². The number of ether oxygens (including phenoxy) is 4. The van der Waals surface area contributed by atoms with Gasteiger partial charge in [0.05, 0.1) is 24.9 Å². The fourth-order valence-corrected chi connectivity index (χ4v) is 4.23. The quantitative estimate of drug-likeness (QED) is 0.490. The van der Waals surface area contributed by atoms with Crippen LogP contribution in [0.15, 0.2) is 48.7 Å². The first-order chi connectivity index (χ1) is 16.6. The van der Waals surface area contributed by atoms with Crippen molar-refractivity contribution < 1.29 is 28.8 Å². The Morgan fingerprint density at radius 2 is 2.03 bits per heavy atom. The summed E-state index contributed by atoms with van der Waals surface area (Å²) in [7, 11) is 1.64. The van der Waals surface area contributed by atoms with Crippen molar-refractivity contribution in [3.63, 3.8) is 0 Å². The number of anilines is 1. The number of rotatable bonds is 8. The number of methoxy groups -OCH3 is 1. The molecule has 9 heteroatoms. The first kappa shape index (κ1) is 22.2. The van der Waals surface area contributed by atoms with Gasteiger partial charge in [-0.3, -0.25) is 9.88 Å². The summed E-state index contributed by atoms with van der Waals surface area (Å²) >= 11 is 0. The monoisotopic (exact) mass is 465 g/mol. The average Bonchev–Trinajstić information content (AvgIpc) is 3.27. The van der Waals surface area contributed by atoms with Gasteiger partial charge in [0.1, 0.15) is 31.2 Å². The van der Waals surface area contributed by atoms with E-state index >= 15 is 0 Å². The van der Waals surface area contributed by atoms with E-state index in [2.05, 4.69) is 10.3 Å². The summed E-state index contributed by atoms with van der Waals surface area (Å²) in [6.45, 7) is 2.19. The minimum absolute atomic E-state index is 0.260. The van der Waals surface area contributed by atoms with Gasteiger partial charge in [-0.05, 0) is 54.9 Å². The molecule has 1 fully saturated rings. The number of nitrogens with one attached hydrogen (secondary N) is 1. The average molecular weight is 466 g/mol. The van der Waals surface area contributed by atoms with E-state index in [1.165, 1.54) is 4.90 Å². The molecular formula is C25H27N3O6. The molecule has 0 bridgehead atoms. The van der Waals surface area contributed by atoms with E-state index in [-0.39, 0.29) is 6.54 Å². The van der Waals surface area contributed by atoms with Gasteiger partial charge in [0.2, 0.25) is 0 Å². The molecule has 0 aliphatic carbocycles. The molecule has 2 aliphatic heterocycles. The van der Waals surface area contributed by atoms with Crippen molar-refractivity contribution in [1.29, 1.82) is 0 Å². The lowest BCUT2D eigenvalue weighted by Crippen LogP contribution is -2.39. The van der Waals surface area contributed by atoms with Crippen LogP contribution >= 0.6 is 0 Å². The number of benzene rings is 2. The fourth-order valence-electron chi connectivity index (χ4n) is 4.23. The molecule has 178 valence electrons. The van der Waals surface area contributed by atoms with Crippen molar-refractivity contribution in [3.05, 3.63) is 54.2 Å². The van der Waals surface area contributed by atoms with Crippen molar-refractivity contribution in [2.75, 3.05) is 44.9 Å². The SMILES string of the molecule is COc1ccc2nccc(CCNC[C@@H](O)[C@H]3CN(c4ccc5c(c4)OCCO5)C(=O)O3)c2c1. The van der Waals surface area contributed by atoms with E-state index < -0.39 is 18.3 Å². The molecule has 5 rings (SSSR count). The van der Waals surface area contributed by atoms with Crippen molar-refractivity contribution in [3.8, 4) is 17.2 Å². The van der Waals surface area contributed by atoms with Crippen LogP contribution in [-0.4, -0.2) is 68.3 Å². The van der Waals surface area contributed by atoms with Gasteiger partial charge in [0.25, 0.3) is 0 Å². The highest BCUT2D eigenvalue weighted by atomic mass is 16.6. The summed E-state index contributed by atoms with van der Waals surface area (Å²) in [4.78, 5) is 18.3. The van der Waals surface area contributed by atoms with Crippen LogP contribution in [0, 0.1) is 0 Å². The van der Waals surface area contributed by atoms with E-state index in [4.69, 9.17) is 18.9 Å². The third-order valence-corrected chi connectivity index (χ3v) is 6.07. The highest BCUT2D eigenvalue weighted by Crippen LogP contribution is 2.35. The predicted molar refractivity (Wildman–Crippen MR) is 126 cm³/mol. The summed E-state index contributed by atoms with van der Waals surface area (Å²) in [5.41, 5.74) is 2.70. The summed E-state index contributed by atoms with van der Waals surface area (Å²) in [6, 6.07) is 13.1. The van der Waals surface area contributed by atoms with Crippen molar-refractivity contribution in [2.24, 2.45) is 0 Å². The van der Waals surface area contributed by atoms with Crippen molar-refractivity contribution in [2.45, 2.75) is 18.6 Å². The lowest BCUT2D eigenvalue weighted by atomic mass is 10.1. The van der Waals surface area contributed by atoms with E-state index in [1.54, 1.807) is 31.5 Å². The summed E-state index contributed by atoms with van der Waals surface area (Å²) in [5, 5.41) is 14.9. The standard InChI is InChI=1S/C25H27N3O6/c1-31-18-3-4-20-19(13-18)16(7-9-27-20)6-8-26-14-21(29)24-15-28(25(30)34-24)17-2-5-22-23(12-17)33-11-10-32-22/h2-5,7,9,12-13,21,24,26,29H,6,8,10-11,14-15H2,1H3/t21-,24-/m1/s1. The fraction of sp³-hybridized carbons (Fsp3) is 0.360. The maximum absolute atomic E-state index is 12.4. The molecular weight excluding hydrogens is 438 g/mol. The van der Waals surface area contributed by atoms with Gasteiger partial charge >= 0.3 is 6.09 Å². The molecule has 9 nitrogen and oxygen atoms in total. The van der Waals surface area contributed by atoms with Gasteiger partial charge in [-0.1, -0.05) is 0 Å². The van der Waals surface area contributed by atoms with Crippen LogP contribution in [0.5, 0.6) is 17.2 Å². The number of amides is 1. The number of hydrogen-bond donors (Lipinski definition) is 2.